The summed E-state index contributed by atoms with van der Waals surface area (Å²) in [6, 6.07) is 10.2. The van der Waals surface area contributed by atoms with Crippen LogP contribution in [0.5, 0.6) is 0 Å². The van der Waals surface area contributed by atoms with Crippen LogP contribution in [0.3, 0.4) is 0 Å². The van der Waals surface area contributed by atoms with E-state index in [-0.39, 0.29) is 12.1 Å². The molecule has 1 heterocycles. The van der Waals surface area contributed by atoms with Gasteiger partial charge in [-0.3, -0.25) is 10.1 Å². The van der Waals surface area contributed by atoms with Gasteiger partial charge in [0.25, 0.3) is 0 Å². The topological polar surface area (TPSA) is 32.3 Å². The fraction of sp³-hybridized carbons (Fsp3) is 0.562. The highest BCUT2D eigenvalue weighted by Crippen LogP contribution is 2.32. The van der Waals surface area contributed by atoms with E-state index in [0.717, 1.165) is 18.5 Å². The molecule has 2 rings (SSSR count). The van der Waals surface area contributed by atoms with E-state index in [2.05, 4.69) is 38.2 Å². The molecule has 2 atom stereocenters. The van der Waals surface area contributed by atoms with Crippen LogP contribution >= 0.6 is 0 Å². The van der Waals surface area contributed by atoms with Gasteiger partial charge < -0.3 is 4.90 Å². The van der Waals surface area contributed by atoms with E-state index in [1.165, 1.54) is 0 Å². The molecule has 1 aliphatic heterocycles. The Balaban J connectivity index is 2.32. The molecule has 104 valence electrons. The van der Waals surface area contributed by atoms with Gasteiger partial charge in [0.2, 0.25) is 5.91 Å². The van der Waals surface area contributed by atoms with E-state index < -0.39 is 5.54 Å². The Bertz CT molecular complexity index is 443. The summed E-state index contributed by atoms with van der Waals surface area (Å²) in [7, 11) is 0. The minimum absolute atomic E-state index is 0.000972. The van der Waals surface area contributed by atoms with Crippen LogP contribution in [0.1, 0.15) is 45.8 Å². The van der Waals surface area contributed by atoms with Gasteiger partial charge in [0.15, 0.2) is 0 Å². The molecule has 0 saturated carbocycles. The lowest BCUT2D eigenvalue weighted by Gasteiger charge is -2.26. The van der Waals surface area contributed by atoms with Crippen LogP contribution < -0.4 is 5.32 Å². The largest absolute Gasteiger partial charge is 0.321 e. The highest BCUT2D eigenvalue weighted by Gasteiger charge is 2.47. The molecule has 1 amide bonds. The summed E-state index contributed by atoms with van der Waals surface area (Å²) in [5.41, 5.74) is 0.726. The van der Waals surface area contributed by atoms with Gasteiger partial charge in [0, 0.05) is 6.54 Å². The molecule has 2 unspecified atom stereocenters. The highest BCUT2D eigenvalue weighted by molar-refractivity contribution is 5.88. The summed E-state index contributed by atoms with van der Waals surface area (Å²) in [5.74, 6) is 0.689. The first-order valence-electron chi connectivity index (χ1n) is 7.11. The number of carbonyl (C=O) groups excluding carboxylic acids is 1. The maximum absolute atomic E-state index is 12.6. The van der Waals surface area contributed by atoms with E-state index >= 15 is 0 Å². The zero-order valence-corrected chi connectivity index (χ0v) is 12.3. The normalized spacial score (nSPS) is 27.3. The number of nitrogens with zero attached hydrogens (tertiary/aromatic N) is 1. The van der Waals surface area contributed by atoms with Crippen molar-refractivity contribution >= 4 is 5.91 Å². The second-order valence-corrected chi connectivity index (χ2v) is 5.99. The maximum atomic E-state index is 12.6. The lowest BCUT2D eigenvalue weighted by atomic mass is 9.99. The number of carbonyl (C=O) groups is 1. The van der Waals surface area contributed by atoms with Crippen molar-refractivity contribution in [3.05, 3.63) is 35.9 Å². The Morgan fingerprint density at radius 2 is 1.95 bits per heavy atom. The van der Waals surface area contributed by atoms with Crippen LogP contribution in [0.25, 0.3) is 0 Å². The van der Waals surface area contributed by atoms with Crippen LogP contribution in [0, 0.1) is 5.92 Å². The van der Waals surface area contributed by atoms with Crippen LogP contribution in [0.2, 0.25) is 0 Å². The second-order valence-electron chi connectivity index (χ2n) is 5.99. The standard InChI is InChI=1S/C16H24N2O/c1-5-16(4)15(19)18(11-12(2)3)14(17-16)13-9-7-6-8-10-13/h6-10,12,14,17H,5,11H2,1-4H3. The lowest BCUT2D eigenvalue weighted by Crippen LogP contribution is -2.43. The van der Waals surface area contributed by atoms with Crippen molar-refractivity contribution in [3.8, 4) is 0 Å². The summed E-state index contributed by atoms with van der Waals surface area (Å²) in [4.78, 5) is 14.6. The second kappa shape index (κ2) is 5.33. The van der Waals surface area contributed by atoms with Gasteiger partial charge in [-0.1, -0.05) is 51.1 Å². The van der Waals surface area contributed by atoms with Crippen LogP contribution in [-0.2, 0) is 4.79 Å². The zero-order chi connectivity index (χ0) is 14.0. The number of rotatable bonds is 4. The molecule has 0 radical (unpaired) electrons. The molecular weight excluding hydrogens is 236 g/mol. The van der Waals surface area contributed by atoms with Crippen molar-refractivity contribution < 1.29 is 4.79 Å². The molecule has 3 heteroatoms. The molecule has 0 spiro atoms. The Morgan fingerprint density at radius 1 is 1.32 bits per heavy atom. The number of nitrogens with one attached hydrogen (secondary N) is 1. The molecule has 3 nitrogen and oxygen atoms in total. The molecule has 0 aromatic heterocycles. The third kappa shape index (κ3) is 2.66. The van der Waals surface area contributed by atoms with Gasteiger partial charge in [-0.25, -0.2) is 0 Å². The van der Waals surface area contributed by atoms with E-state index in [0.29, 0.717) is 5.92 Å². The first kappa shape index (κ1) is 14.1. The third-order valence-electron chi connectivity index (χ3n) is 3.88. The fourth-order valence-corrected chi connectivity index (χ4v) is 2.61. The number of amides is 1. The van der Waals surface area contributed by atoms with E-state index in [4.69, 9.17) is 0 Å². The van der Waals surface area contributed by atoms with Gasteiger partial charge in [-0.05, 0) is 24.8 Å². The van der Waals surface area contributed by atoms with Crippen molar-refractivity contribution in [1.29, 1.82) is 0 Å². The van der Waals surface area contributed by atoms with Crippen LogP contribution in [0.15, 0.2) is 30.3 Å². The average Bonchev–Trinajstić information content (AvgIpc) is 2.65. The van der Waals surface area contributed by atoms with Crippen LogP contribution in [-0.4, -0.2) is 22.9 Å². The highest BCUT2D eigenvalue weighted by atomic mass is 16.2. The van der Waals surface area contributed by atoms with Crippen molar-refractivity contribution in [2.24, 2.45) is 5.92 Å². The summed E-state index contributed by atoms with van der Waals surface area (Å²) in [5, 5.41) is 3.51. The monoisotopic (exact) mass is 260 g/mol. The van der Waals surface area contributed by atoms with Gasteiger partial charge in [0.05, 0.1) is 5.54 Å². The molecule has 1 aromatic rings. The molecule has 1 saturated heterocycles. The van der Waals surface area contributed by atoms with Crippen molar-refractivity contribution in [1.82, 2.24) is 10.2 Å². The smallest absolute Gasteiger partial charge is 0.244 e. The van der Waals surface area contributed by atoms with Gasteiger partial charge in [0.1, 0.15) is 6.17 Å². The summed E-state index contributed by atoms with van der Waals surface area (Å²) >= 11 is 0. The molecular formula is C16H24N2O. The molecule has 0 bridgehead atoms. The first-order chi connectivity index (χ1) is 8.98. The number of benzene rings is 1. The van der Waals surface area contributed by atoms with Crippen molar-refractivity contribution in [2.75, 3.05) is 6.54 Å². The summed E-state index contributed by atoms with van der Waals surface area (Å²) < 4.78 is 0. The molecule has 19 heavy (non-hydrogen) atoms. The molecule has 1 fully saturated rings. The quantitative estimate of drug-likeness (QED) is 0.902. The maximum Gasteiger partial charge on any atom is 0.244 e. The molecule has 1 aromatic carbocycles. The number of hydrogen-bond donors (Lipinski definition) is 1. The van der Waals surface area contributed by atoms with E-state index in [1.54, 1.807) is 0 Å². The van der Waals surface area contributed by atoms with E-state index in [9.17, 15) is 4.79 Å². The number of hydrogen-bond acceptors (Lipinski definition) is 2. The average molecular weight is 260 g/mol. The Kier molecular flexibility index (Phi) is 3.95. The third-order valence-corrected chi connectivity index (χ3v) is 3.88. The van der Waals surface area contributed by atoms with Gasteiger partial charge in [-0.2, -0.15) is 0 Å². The Morgan fingerprint density at radius 3 is 2.47 bits per heavy atom. The molecule has 1 N–H and O–H groups in total. The lowest BCUT2D eigenvalue weighted by molar-refractivity contribution is -0.133. The minimum atomic E-state index is -0.435. The summed E-state index contributed by atoms with van der Waals surface area (Å²) in [6.45, 7) is 9.16. The van der Waals surface area contributed by atoms with Crippen molar-refractivity contribution in [2.45, 2.75) is 45.8 Å². The molecule has 0 aliphatic carbocycles. The predicted molar refractivity (Wildman–Crippen MR) is 77.6 cm³/mol. The summed E-state index contributed by atoms with van der Waals surface area (Å²) in [6.07, 6.45) is 0.810. The zero-order valence-electron chi connectivity index (χ0n) is 12.3. The van der Waals surface area contributed by atoms with Gasteiger partial charge >= 0.3 is 0 Å². The first-order valence-corrected chi connectivity index (χ1v) is 7.11. The fourth-order valence-electron chi connectivity index (χ4n) is 2.61. The van der Waals surface area contributed by atoms with Crippen LogP contribution in [0.4, 0.5) is 0 Å². The minimum Gasteiger partial charge on any atom is -0.321 e. The Labute approximate surface area is 116 Å². The Hall–Kier alpha value is -1.35. The SMILES string of the molecule is CCC1(C)NC(c2ccccc2)N(CC(C)C)C1=O. The molecule has 1 aliphatic rings. The van der Waals surface area contributed by atoms with Gasteiger partial charge in [-0.15, -0.1) is 0 Å². The predicted octanol–water partition coefficient (Wildman–Crippen LogP) is 2.94. The van der Waals surface area contributed by atoms with Crippen molar-refractivity contribution in [3.63, 3.8) is 0 Å². The van der Waals surface area contributed by atoms with E-state index in [1.807, 2.05) is 30.0 Å².